The number of aliphatic carboxylic acids is 4. The van der Waals surface area contributed by atoms with E-state index in [0.29, 0.717) is 18.1 Å². The average Bonchev–Trinajstić information content (AvgIpc) is 0.746. The lowest BCUT2D eigenvalue weighted by molar-refractivity contribution is -0.167. The Bertz CT molecular complexity index is 4370. The number of carboxylic acid groups (broad SMARTS) is 4. The van der Waals surface area contributed by atoms with Crippen molar-refractivity contribution in [1.29, 1.82) is 0 Å². The van der Waals surface area contributed by atoms with Crippen LogP contribution >= 0.6 is 11.1 Å². The fourth-order valence-electron chi connectivity index (χ4n) is 11.2. The van der Waals surface area contributed by atoms with Gasteiger partial charge < -0.3 is 90.0 Å². The first-order valence-electron chi connectivity index (χ1n) is 40.9. The van der Waals surface area contributed by atoms with Gasteiger partial charge in [0.05, 0.1) is 44.9 Å². The van der Waals surface area contributed by atoms with Gasteiger partial charge in [-0.2, -0.15) is 11.1 Å². The van der Waals surface area contributed by atoms with Gasteiger partial charge in [-0.3, -0.25) is 43.2 Å². The number of carbonyl (C=O) groups excluding carboxylic acids is 10. The molecule has 32 nitrogen and oxygen atoms in total. The highest BCUT2D eigenvalue weighted by atomic mass is 35.6. The van der Waals surface area contributed by atoms with Crippen LogP contribution in [0.15, 0.2) is 182 Å². The topological polar surface area (TPSA) is 481 Å². The number of β-lactam (4-membered cyclic amide) rings is 6. The van der Waals surface area contributed by atoms with Crippen LogP contribution in [0.3, 0.4) is 0 Å². The second-order valence-corrected chi connectivity index (χ2v) is 51.5. The molecule has 0 radical (unpaired) electrons. The van der Waals surface area contributed by atoms with Gasteiger partial charge in [-0.05, 0) is 48.5 Å². The van der Waals surface area contributed by atoms with Crippen LogP contribution in [0.5, 0.6) is 0 Å². The molecule has 11 N–H and O–H groups in total. The number of likely N-dealkylation sites (tertiary alicyclic amines) is 2. The van der Waals surface area contributed by atoms with E-state index in [0.717, 1.165) is 54.7 Å². The quantitative estimate of drug-likeness (QED) is 0.00936. The second kappa shape index (κ2) is 53.3. The Morgan fingerprint density at radius 2 is 0.622 bits per heavy atom. The molecule has 6 aliphatic rings. The largest absolute Gasteiger partial charge is 0.481 e. The number of aliphatic hydroxyl groups excluding tert-OH is 3. The summed E-state index contributed by atoms with van der Waals surface area (Å²) in [6.07, 6.45) is 0.765. The molecule has 6 aromatic carbocycles. The smallest absolute Gasteiger partial charge is 0.329 e. The molecular formula is C91H128ClN7O25Si3. The number of halogens is 1. The third-order valence-electron chi connectivity index (χ3n) is 21.8. The number of nitrogens with one attached hydrogen (secondary N) is 2. The van der Waals surface area contributed by atoms with Crippen molar-refractivity contribution in [2.24, 2.45) is 5.73 Å². The Morgan fingerprint density at radius 1 is 0.378 bits per heavy atom. The van der Waals surface area contributed by atoms with Gasteiger partial charge in [-0.1, -0.05) is 284 Å². The van der Waals surface area contributed by atoms with Gasteiger partial charge in [0.1, 0.15) is 68.7 Å². The van der Waals surface area contributed by atoms with E-state index in [-0.39, 0.29) is 134 Å². The molecule has 0 spiro atoms. The molecule has 6 heterocycles. The maximum Gasteiger partial charge on any atom is 0.329 e. The van der Waals surface area contributed by atoms with Crippen LogP contribution in [-0.4, -0.2) is 225 Å². The summed E-state index contributed by atoms with van der Waals surface area (Å²) in [5.74, 6) is -5.87. The number of rotatable bonds is 23. The number of hydrogen-bond acceptors (Lipinski definition) is 22. The van der Waals surface area contributed by atoms with Crippen LogP contribution in [0.4, 0.5) is 0 Å². The molecule has 36 heteroatoms. The van der Waals surface area contributed by atoms with E-state index in [9.17, 15) is 67.1 Å². The van der Waals surface area contributed by atoms with E-state index < -0.39 is 96.4 Å². The molecule has 127 heavy (non-hydrogen) atoms. The Balaban J connectivity index is 0.000000500. The van der Waals surface area contributed by atoms with Crippen molar-refractivity contribution in [3.63, 3.8) is 0 Å². The molecule has 6 amide bonds. The lowest BCUT2D eigenvalue weighted by Gasteiger charge is -2.53. The minimum absolute atomic E-state index is 0.00319. The summed E-state index contributed by atoms with van der Waals surface area (Å²) in [5, 5.41) is 59.2. The molecule has 12 rings (SSSR count). The number of amides is 6. The van der Waals surface area contributed by atoms with Crippen LogP contribution in [-0.2, 0) is 126 Å². The number of benzene rings is 6. The van der Waals surface area contributed by atoms with Crippen LogP contribution in [0, 0.1) is 0 Å². The Kier molecular flexibility index (Phi) is 46.9. The number of aliphatic hydroxyl groups is 3. The van der Waals surface area contributed by atoms with E-state index in [4.69, 9.17) is 71.5 Å². The second-order valence-electron chi connectivity index (χ2n) is 34.0. The number of carboxylic acids is 4. The molecule has 0 saturated carbocycles. The Labute approximate surface area is 751 Å². The summed E-state index contributed by atoms with van der Waals surface area (Å²) >= 11 is 6.15. The normalized spacial score (nSPS) is 17.6. The minimum atomic E-state index is -2.04. The number of ether oxygens (including phenoxy) is 4. The number of carbonyl (C=O) groups is 14. The van der Waals surface area contributed by atoms with Crippen molar-refractivity contribution in [2.45, 2.75) is 243 Å². The van der Waals surface area contributed by atoms with E-state index in [1.54, 1.807) is 14.4 Å². The molecule has 6 fully saturated rings. The monoisotopic (exact) mass is 1840 g/mol. The highest BCUT2D eigenvalue weighted by molar-refractivity contribution is 7.20. The van der Waals surface area contributed by atoms with Crippen LogP contribution in [0.25, 0.3) is 0 Å². The van der Waals surface area contributed by atoms with Gasteiger partial charge in [-0.25, -0.2) is 24.0 Å². The first-order valence-corrected chi connectivity index (χ1v) is 50.8. The fourth-order valence-corrected chi connectivity index (χ4v) is 16.1. The third-order valence-corrected chi connectivity index (χ3v) is 38.0. The Morgan fingerprint density at radius 3 is 0.835 bits per heavy atom. The molecule has 0 aromatic heterocycles. The van der Waals surface area contributed by atoms with Gasteiger partial charge in [0, 0.05) is 34.4 Å². The molecule has 6 aromatic rings. The average molecular weight is 1840 g/mol. The summed E-state index contributed by atoms with van der Waals surface area (Å²) in [6.45, 7) is 33.9. The van der Waals surface area contributed by atoms with E-state index in [2.05, 4.69) is 112 Å². The third kappa shape index (κ3) is 36.5. The van der Waals surface area contributed by atoms with Gasteiger partial charge in [0.15, 0.2) is 23.9 Å². The number of nitrogens with two attached hydrogens (primary N) is 1. The number of hydrogen-bond donors (Lipinski definition) is 10. The predicted molar refractivity (Wildman–Crippen MR) is 484 cm³/mol. The van der Waals surface area contributed by atoms with Crippen LogP contribution in [0.2, 0.25) is 54.4 Å². The molecule has 7 unspecified atom stereocenters. The van der Waals surface area contributed by atoms with E-state index in [1.165, 1.54) is 0 Å². The van der Waals surface area contributed by atoms with Crippen molar-refractivity contribution in [3.05, 3.63) is 215 Å². The summed E-state index contributed by atoms with van der Waals surface area (Å²) in [4.78, 5) is 159. The minimum Gasteiger partial charge on any atom is -0.481 e. The molecule has 6 saturated heterocycles. The maximum absolute atomic E-state index is 12.3. The number of nitrogens with zero attached hydrogens (tertiary/aromatic N) is 4. The lowest BCUT2D eigenvalue weighted by atomic mass is 10.0. The highest BCUT2D eigenvalue weighted by Crippen LogP contribution is 2.45. The molecule has 696 valence electrons. The van der Waals surface area contributed by atoms with Gasteiger partial charge in [0.2, 0.25) is 35.4 Å². The number of esters is 4. The highest BCUT2D eigenvalue weighted by Gasteiger charge is 2.56. The predicted octanol–water partition coefficient (Wildman–Crippen LogP) is 10.6. The summed E-state index contributed by atoms with van der Waals surface area (Å²) in [6, 6.07) is 53.1. The Hall–Kier alpha value is -11.3. The zero-order valence-electron chi connectivity index (χ0n) is 75.8. The van der Waals surface area contributed by atoms with Crippen molar-refractivity contribution in [2.75, 3.05) is 21.3 Å². The zero-order valence-corrected chi connectivity index (χ0v) is 79.5. The van der Waals surface area contributed by atoms with Crippen molar-refractivity contribution in [3.8, 4) is 0 Å². The van der Waals surface area contributed by atoms with Crippen molar-refractivity contribution >= 4 is 118 Å². The first-order chi connectivity index (χ1) is 59.4. The van der Waals surface area contributed by atoms with Gasteiger partial charge >= 0.3 is 47.8 Å². The molecule has 0 aliphatic carbocycles. The molecule has 0 bridgehead atoms. The van der Waals surface area contributed by atoms with Crippen LogP contribution in [0.1, 0.15) is 141 Å². The summed E-state index contributed by atoms with van der Waals surface area (Å²) in [5.41, 5.74) is 10.6. The maximum atomic E-state index is 12.3. The van der Waals surface area contributed by atoms with Gasteiger partial charge in [0.25, 0.3) is 0 Å². The van der Waals surface area contributed by atoms with Crippen LogP contribution < -0.4 is 16.4 Å². The zero-order chi connectivity index (χ0) is 96.5. The molecule has 7 atom stereocenters. The van der Waals surface area contributed by atoms with Crippen molar-refractivity contribution in [1.82, 2.24) is 29.6 Å². The van der Waals surface area contributed by atoms with E-state index in [1.807, 2.05) is 187 Å². The standard InChI is InChI=1S/2C18H17NO3.C17H25NO3Si.C11H11NO3.C10H19NO3Si.C6H15ClSi.C4H7NO4.C4H5NO3.3CH4O/c2*20-17-11-16(19(17)12-14-7-3-1-4-8-14)18(21)22-13-15-9-5-2-6-10-15;1-17(2,3)22(4,5)18-14(11-15(18)19)16(20)21-12-13-9-7-6-8-10-13;13-10-6-9(12-10)11(14)15-7-8-4-2-1-3-5-8;1-10(2,3)15(4,5)11-7(9(13)14)6-8(11)12;1-6(2,3)8(4,5)7;5-2(4(8)9)1-3(6)7;6-3-1-2(5-3)4(7)8;3*1-2/h2*1-10,16H,11-13H2;6-10,14H,11-12H2,1-5H3;1-5,9H,6-7H2,(H,12,13);7H,6H2,1-5H3,(H,13,14);1-5H3;2H,1,5H2,(H,6,7)(H,8,9);2H,1H2,(H,5,6)(H,7,8);3*2H,1H3. The lowest BCUT2D eigenvalue weighted by Crippen LogP contribution is -2.70. The fraction of sp³-hybridized carbons (Fsp3) is 0.451. The van der Waals surface area contributed by atoms with Crippen molar-refractivity contribution < 1.29 is 122 Å². The summed E-state index contributed by atoms with van der Waals surface area (Å²) in [7, 11) is -2.43. The van der Waals surface area contributed by atoms with Gasteiger partial charge in [-0.15, -0.1) is 0 Å². The summed E-state index contributed by atoms with van der Waals surface area (Å²) < 4.78 is 24.5. The molecular weight excluding hydrogens is 1710 g/mol. The van der Waals surface area contributed by atoms with E-state index >= 15 is 0 Å². The first kappa shape index (κ1) is 112. The SMILES string of the molecule is CC(C)(C)[Si](C)(C)Cl.CC(C)(C)[Si](C)(C)N1C(=O)CC1C(=O)O.CC(C)(C)[Si](C)(C)N1C(=O)CC1C(=O)OCc1ccccc1.CO.CO.CO.NC(CC(=O)O)C(=O)O.O=C(OCc1ccccc1)C1CC(=O)N1Cc1ccccc1.O=C(OCc1ccccc1)C1CC(=O)N1Cc1ccccc1.O=C1CC(C(=O)O)N1.O=C1CC(C(=O)OCc2ccccc2)N1. The molecule has 6 aliphatic heterocycles.